The van der Waals surface area contributed by atoms with E-state index in [1.165, 1.54) is 29.8 Å². The fraction of sp³-hybridized carbons (Fsp3) is 0.500. The van der Waals surface area contributed by atoms with Crippen molar-refractivity contribution in [3.63, 3.8) is 0 Å². The summed E-state index contributed by atoms with van der Waals surface area (Å²) < 4.78 is 0. The van der Waals surface area contributed by atoms with Crippen LogP contribution in [0.5, 0.6) is 0 Å². The first-order chi connectivity index (χ1) is 13.2. The lowest BCUT2D eigenvalue weighted by molar-refractivity contribution is 0.169. The van der Waals surface area contributed by atoms with Gasteiger partial charge < -0.3 is 10.6 Å². The average molecular weight is 534 g/mol. The van der Waals surface area contributed by atoms with Crippen LogP contribution in [-0.2, 0) is 13.0 Å². The molecule has 0 saturated carbocycles. The number of hydrogen-bond donors (Lipinski definition) is 2. The van der Waals surface area contributed by atoms with E-state index >= 15 is 0 Å². The van der Waals surface area contributed by atoms with Gasteiger partial charge in [-0.1, -0.05) is 23.7 Å². The highest BCUT2D eigenvalue weighted by atomic mass is 127. The molecule has 0 radical (unpaired) electrons. The summed E-state index contributed by atoms with van der Waals surface area (Å²) in [6.45, 7) is 5.21. The lowest BCUT2D eigenvalue weighted by Crippen LogP contribution is -2.44. The molecule has 3 heterocycles. The monoisotopic (exact) mass is 533 g/mol. The van der Waals surface area contributed by atoms with Gasteiger partial charge in [-0.05, 0) is 54.8 Å². The molecule has 1 unspecified atom stereocenters. The van der Waals surface area contributed by atoms with E-state index < -0.39 is 0 Å². The van der Waals surface area contributed by atoms with Crippen molar-refractivity contribution in [2.45, 2.75) is 25.8 Å². The molecule has 1 aliphatic heterocycles. The van der Waals surface area contributed by atoms with Crippen molar-refractivity contribution in [1.29, 1.82) is 0 Å². The molecule has 2 aromatic heterocycles. The zero-order valence-corrected chi connectivity index (χ0v) is 20.1. The Morgan fingerprint density at radius 3 is 2.96 bits per heavy atom. The summed E-state index contributed by atoms with van der Waals surface area (Å²) >= 11 is 7.67. The van der Waals surface area contributed by atoms with Gasteiger partial charge in [0, 0.05) is 44.3 Å². The Morgan fingerprint density at radius 2 is 2.25 bits per heavy atom. The molecular weight excluding hydrogens is 505 g/mol. The minimum atomic E-state index is 0. The Kier molecular flexibility index (Phi) is 10.5. The number of nitrogens with zero attached hydrogens (tertiary/aromatic N) is 3. The molecule has 1 fully saturated rings. The number of pyridine rings is 1. The maximum atomic E-state index is 5.82. The Balaban J connectivity index is 0.00000280. The maximum absolute atomic E-state index is 5.82. The fourth-order valence-electron chi connectivity index (χ4n) is 3.43. The van der Waals surface area contributed by atoms with E-state index in [0.29, 0.717) is 11.1 Å². The van der Waals surface area contributed by atoms with Crippen LogP contribution in [-0.4, -0.2) is 49.1 Å². The number of aliphatic imine (C=N–C) groups is 1. The molecule has 8 heteroatoms. The topological polar surface area (TPSA) is 52.6 Å². The molecule has 0 spiro atoms. The first-order valence-electron chi connectivity index (χ1n) is 9.52. The molecule has 1 aliphatic rings. The number of piperidine rings is 1. The number of nitrogens with one attached hydrogen (secondary N) is 2. The molecule has 0 aliphatic carbocycles. The lowest BCUT2D eigenvalue weighted by atomic mass is 9.98. The van der Waals surface area contributed by atoms with Crippen LogP contribution in [0.2, 0.25) is 5.15 Å². The van der Waals surface area contributed by atoms with Crippen LogP contribution in [0.1, 0.15) is 23.3 Å². The van der Waals surface area contributed by atoms with Crippen LogP contribution in [0.3, 0.4) is 0 Å². The molecule has 0 bridgehead atoms. The summed E-state index contributed by atoms with van der Waals surface area (Å²) in [6, 6.07) is 8.21. The summed E-state index contributed by atoms with van der Waals surface area (Å²) in [5.41, 5.74) is 1.17. The molecule has 3 rings (SSSR count). The highest BCUT2D eigenvalue weighted by Crippen LogP contribution is 2.19. The van der Waals surface area contributed by atoms with Gasteiger partial charge in [0.05, 0.1) is 0 Å². The number of thiophene rings is 1. The third kappa shape index (κ3) is 7.85. The Hall–Kier alpha value is -0.900. The van der Waals surface area contributed by atoms with Gasteiger partial charge in [0.15, 0.2) is 5.96 Å². The number of likely N-dealkylation sites (tertiary alicyclic amines) is 1. The molecule has 2 aromatic rings. The predicted molar refractivity (Wildman–Crippen MR) is 130 cm³/mol. The van der Waals surface area contributed by atoms with Crippen LogP contribution in [0.15, 0.2) is 40.8 Å². The van der Waals surface area contributed by atoms with Gasteiger partial charge in [-0.15, -0.1) is 35.3 Å². The van der Waals surface area contributed by atoms with E-state index in [2.05, 4.69) is 43.0 Å². The SMILES string of the molecule is CN=C(NCCc1ccc(Cl)nc1)NCC1CCCN(Cc2cccs2)C1.I. The lowest BCUT2D eigenvalue weighted by Gasteiger charge is -2.32. The third-order valence-electron chi connectivity index (χ3n) is 4.84. The standard InChI is InChI=1S/C20H28ClN5S.HI/c1-22-20(23-9-8-16-6-7-19(21)24-12-16)25-13-17-4-2-10-26(14-17)15-18-5-3-11-27-18;/h3,5-7,11-12,17H,2,4,8-10,13-15H2,1H3,(H2,22,23,25);1H. The second kappa shape index (κ2) is 12.6. The average Bonchev–Trinajstić information content (AvgIpc) is 3.19. The number of halogens is 2. The number of rotatable bonds is 7. The van der Waals surface area contributed by atoms with Crippen LogP contribution in [0.4, 0.5) is 0 Å². The number of guanidine groups is 1. The van der Waals surface area contributed by atoms with Crippen LogP contribution in [0.25, 0.3) is 0 Å². The first kappa shape index (κ1) is 23.4. The zero-order valence-electron chi connectivity index (χ0n) is 16.2. The van der Waals surface area contributed by atoms with Crippen molar-refractivity contribution in [3.8, 4) is 0 Å². The number of aromatic nitrogens is 1. The minimum Gasteiger partial charge on any atom is -0.356 e. The van der Waals surface area contributed by atoms with Crippen molar-refractivity contribution in [2.75, 3.05) is 33.2 Å². The smallest absolute Gasteiger partial charge is 0.190 e. The summed E-state index contributed by atoms with van der Waals surface area (Å²) in [5.74, 6) is 1.53. The van der Waals surface area contributed by atoms with Crippen molar-refractivity contribution in [3.05, 3.63) is 51.4 Å². The summed E-state index contributed by atoms with van der Waals surface area (Å²) in [4.78, 5) is 12.5. The minimum absolute atomic E-state index is 0. The normalized spacial score (nSPS) is 17.8. The van der Waals surface area contributed by atoms with E-state index in [0.717, 1.165) is 38.6 Å². The molecule has 28 heavy (non-hydrogen) atoms. The van der Waals surface area contributed by atoms with E-state index in [4.69, 9.17) is 11.6 Å². The van der Waals surface area contributed by atoms with Crippen molar-refractivity contribution in [2.24, 2.45) is 10.9 Å². The highest BCUT2D eigenvalue weighted by Gasteiger charge is 2.20. The second-order valence-electron chi connectivity index (χ2n) is 6.94. The highest BCUT2D eigenvalue weighted by molar-refractivity contribution is 14.0. The summed E-state index contributed by atoms with van der Waals surface area (Å²) in [7, 11) is 1.82. The Morgan fingerprint density at radius 1 is 1.36 bits per heavy atom. The second-order valence-corrected chi connectivity index (χ2v) is 8.36. The van der Waals surface area contributed by atoms with Gasteiger partial charge in [-0.25, -0.2) is 4.98 Å². The van der Waals surface area contributed by atoms with Gasteiger partial charge >= 0.3 is 0 Å². The summed E-state index contributed by atoms with van der Waals surface area (Å²) in [5, 5.41) is 9.57. The van der Waals surface area contributed by atoms with Crippen molar-refractivity contribution in [1.82, 2.24) is 20.5 Å². The fourth-order valence-corrected chi connectivity index (χ4v) is 4.28. The van der Waals surface area contributed by atoms with E-state index in [1.54, 1.807) is 0 Å². The molecule has 5 nitrogen and oxygen atoms in total. The van der Waals surface area contributed by atoms with Gasteiger partial charge in [-0.2, -0.15) is 0 Å². The van der Waals surface area contributed by atoms with Gasteiger partial charge in [-0.3, -0.25) is 9.89 Å². The third-order valence-corrected chi connectivity index (χ3v) is 5.92. The van der Waals surface area contributed by atoms with Crippen molar-refractivity contribution < 1.29 is 0 Å². The molecular formula is C20H29ClIN5S. The molecule has 1 saturated heterocycles. The zero-order chi connectivity index (χ0) is 18.9. The molecule has 154 valence electrons. The molecule has 0 amide bonds. The Bertz CT molecular complexity index is 708. The van der Waals surface area contributed by atoms with Gasteiger partial charge in [0.2, 0.25) is 0 Å². The summed E-state index contributed by atoms with van der Waals surface area (Å²) in [6.07, 6.45) is 5.27. The van der Waals surface area contributed by atoms with Crippen LogP contribution >= 0.6 is 46.9 Å². The first-order valence-corrected chi connectivity index (χ1v) is 10.8. The van der Waals surface area contributed by atoms with Crippen LogP contribution in [0, 0.1) is 5.92 Å². The van der Waals surface area contributed by atoms with Crippen LogP contribution < -0.4 is 10.6 Å². The number of hydrogen-bond acceptors (Lipinski definition) is 4. The molecule has 0 aromatic carbocycles. The quantitative estimate of drug-likeness (QED) is 0.244. The van der Waals surface area contributed by atoms with Gasteiger partial charge in [0.25, 0.3) is 0 Å². The van der Waals surface area contributed by atoms with Crippen molar-refractivity contribution >= 4 is 52.9 Å². The van der Waals surface area contributed by atoms with E-state index in [-0.39, 0.29) is 24.0 Å². The molecule has 1 atom stereocenters. The predicted octanol–water partition coefficient (Wildman–Crippen LogP) is 4.03. The molecule has 2 N–H and O–H groups in total. The largest absolute Gasteiger partial charge is 0.356 e. The van der Waals surface area contributed by atoms with E-state index in [1.807, 2.05) is 36.7 Å². The Labute approximate surface area is 194 Å². The van der Waals surface area contributed by atoms with E-state index in [9.17, 15) is 0 Å². The maximum Gasteiger partial charge on any atom is 0.190 e. The van der Waals surface area contributed by atoms with Gasteiger partial charge in [0.1, 0.15) is 5.15 Å².